The molecule has 3 heteroatoms. The Morgan fingerprint density at radius 1 is 0.957 bits per heavy atom. The van der Waals surface area contributed by atoms with E-state index >= 15 is 0 Å². The maximum atomic E-state index is 12.8. The van der Waals surface area contributed by atoms with Crippen molar-refractivity contribution in [3.05, 3.63) is 70.2 Å². The van der Waals surface area contributed by atoms with Crippen LogP contribution in [-0.2, 0) is 6.42 Å². The minimum Gasteiger partial charge on any atom is -0.294 e. The highest BCUT2D eigenvalue weighted by molar-refractivity contribution is 6.30. The second kappa shape index (κ2) is 7.10. The third kappa shape index (κ3) is 3.70. The molecule has 0 saturated heterocycles. The lowest BCUT2D eigenvalue weighted by atomic mass is 9.88. The Kier molecular flexibility index (Phi) is 4.92. The van der Waals surface area contributed by atoms with Gasteiger partial charge in [0.1, 0.15) is 0 Å². The second-order valence-electron chi connectivity index (χ2n) is 6.08. The Bertz CT molecular complexity index is 719. The molecule has 0 heterocycles. The van der Waals surface area contributed by atoms with E-state index in [1.165, 1.54) is 0 Å². The number of carbonyl (C=O) groups is 2. The van der Waals surface area contributed by atoms with Crippen LogP contribution in [0.25, 0.3) is 0 Å². The summed E-state index contributed by atoms with van der Waals surface area (Å²) in [7, 11) is 0. The summed E-state index contributed by atoms with van der Waals surface area (Å²) in [5, 5.41) is 0.635. The standard InChI is InChI=1S/C20H19ClO2/c21-17-12-10-16(11-13-17)20(23)15-5-3-7-19(22)18-6-2-1-4-14(18)8-9-15/h1-2,4,6,10-13,15H,3,5,7-9H2. The Balaban J connectivity index is 1.81. The number of ketones is 2. The van der Waals surface area contributed by atoms with Crippen molar-refractivity contribution in [2.24, 2.45) is 5.92 Å². The Morgan fingerprint density at radius 2 is 1.70 bits per heavy atom. The number of Topliss-reactive ketones (excluding diaryl/α,β-unsaturated/α-hetero) is 2. The third-order valence-corrected chi connectivity index (χ3v) is 4.79. The van der Waals surface area contributed by atoms with Gasteiger partial charge >= 0.3 is 0 Å². The number of hydrogen-bond acceptors (Lipinski definition) is 2. The van der Waals surface area contributed by atoms with Gasteiger partial charge < -0.3 is 0 Å². The topological polar surface area (TPSA) is 34.1 Å². The molecule has 3 rings (SSSR count). The van der Waals surface area contributed by atoms with E-state index in [4.69, 9.17) is 11.6 Å². The number of hydrogen-bond donors (Lipinski definition) is 0. The quantitative estimate of drug-likeness (QED) is 0.716. The van der Waals surface area contributed by atoms with Gasteiger partial charge in [-0.1, -0.05) is 35.9 Å². The van der Waals surface area contributed by atoms with Crippen molar-refractivity contribution in [3.8, 4) is 0 Å². The van der Waals surface area contributed by atoms with Crippen molar-refractivity contribution in [2.75, 3.05) is 0 Å². The number of halogens is 1. The second-order valence-corrected chi connectivity index (χ2v) is 6.52. The Hall–Kier alpha value is -1.93. The van der Waals surface area contributed by atoms with Gasteiger partial charge in [0, 0.05) is 28.5 Å². The summed E-state index contributed by atoms with van der Waals surface area (Å²) in [4.78, 5) is 25.0. The normalized spacial score (nSPS) is 18.5. The van der Waals surface area contributed by atoms with Gasteiger partial charge in [0.2, 0.25) is 0 Å². The molecule has 1 unspecified atom stereocenters. The van der Waals surface area contributed by atoms with Crippen molar-refractivity contribution >= 4 is 23.2 Å². The van der Waals surface area contributed by atoms with Gasteiger partial charge in [-0.25, -0.2) is 0 Å². The molecule has 0 amide bonds. The first-order valence-corrected chi connectivity index (χ1v) is 8.44. The van der Waals surface area contributed by atoms with Crippen LogP contribution in [0.1, 0.15) is 52.0 Å². The van der Waals surface area contributed by atoms with Crippen molar-refractivity contribution in [1.29, 1.82) is 0 Å². The minimum absolute atomic E-state index is 0.0323. The Morgan fingerprint density at radius 3 is 2.48 bits per heavy atom. The molecule has 0 saturated carbocycles. The Labute approximate surface area is 141 Å². The summed E-state index contributed by atoms with van der Waals surface area (Å²) >= 11 is 5.89. The van der Waals surface area contributed by atoms with Crippen molar-refractivity contribution in [2.45, 2.75) is 32.1 Å². The zero-order chi connectivity index (χ0) is 16.2. The third-order valence-electron chi connectivity index (χ3n) is 4.54. The van der Waals surface area contributed by atoms with Crippen molar-refractivity contribution in [1.82, 2.24) is 0 Å². The maximum Gasteiger partial charge on any atom is 0.165 e. The van der Waals surface area contributed by atoms with Crippen LogP contribution in [0.4, 0.5) is 0 Å². The fourth-order valence-electron chi connectivity index (χ4n) is 3.24. The molecule has 23 heavy (non-hydrogen) atoms. The number of rotatable bonds is 2. The molecule has 0 bridgehead atoms. The fourth-order valence-corrected chi connectivity index (χ4v) is 3.37. The highest BCUT2D eigenvalue weighted by Crippen LogP contribution is 2.26. The summed E-state index contributed by atoms with van der Waals surface area (Å²) in [6, 6.07) is 14.9. The van der Waals surface area contributed by atoms with Gasteiger partial charge in [0.15, 0.2) is 11.6 Å². The van der Waals surface area contributed by atoms with Gasteiger partial charge in [-0.05, 0) is 55.5 Å². The summed E-state index contributed by atoms with van der Waals surface area (Å²) in [5.74, 6) is 0.323. The molecule has 0 aromatic heterocycles. The van der Waals surface area contributed by atoms with Gasteiger partial charge in [0.25, 0.3) is 0 Å². The molecule has 2 aromatic rings. The van der Waals surface area contributed by atoms with Crippen LogP contribution in [0.5, 0.6) is 0 Å². The molecule has 0 N–H and O–H groups in total. The zero-order valence-electron chi connectivity index (χ0n) is 12.9. The number of carbonyl (C=O) groups excluding carboxylic acids is 2. The number of benzene rings is 2. The average Bonchev–Trinajstić information content (AvgIpc) is 2.65. The van der Waals surface area contributed by atoms with E-state index in [9.17, 15) is 9.59 Å². The predicted molar refractivity (Wildman–Crippen MR) is 92.2 cm³/mol. The first kappa shape index (κ1) is 15.9. The van der Waals surface area contributed by atoms with Crippen LogP contribution >= 0.6 is 11.6 Å². The zero-order valence-corrected chi connectivity index (χ0v) is 13.7. The highest BCUT2D eigenvalue weighted by atomic mass is 35.5. The van der Waals surface area contributed by atoms with Crippen LogP contribution in [0.2, 0.25) is 5.02 Å². The highest BCUT2D eigenvalue weighted by Gasteiger charge is 2.23. The van der Waals surface area contributed by atoms with Gasteiger partial charge in [-0.15, -0.1) is 0 Å². The SMILES string of the molecule is O=C1CCCC(C(=O)c2ccc(Cl)cc2)CCc2ccccc21. The molecule has 1 aliphatic carbocycles. The molecular weight excluding hydrogens is 308 g/mol. The molecule has 0 spiro atoms. The molecule has 2 aromatic carbocycles. The van der Waals surface area contributed by atoms with Crippen LogP contribution in [0.3, 0.4) is 0 Å². The lowest BCUT2D eigenvalue weighted by molar-refractivity contribution is 0.0896. The number of aryl methyl sites for hydroxylation is 1. The van der Waals surface area contributed by atoms with Crippen LogP contribution < -0.4 is 0 Å². The van der Waals surface area contributed by atoms with Gasteiger partial charge in [-0.3, -0.25) is 9.59 Å². The fraction of sp³-hybridized carbons (Fsp3) is 0.300. The lowest BCUT2D eigenvalue weighted by Gasteiger charge is -2.15. The van der Waals surface area contributed by atoms with E-state index in [1.54, 1.807) is 24.3 Å². The van der Waals surface area contributed by atoms with E-state index in [-0.39, 0.29) is 17.5 Å². The summed E-state index contributed by atoms with van der Waals surface area (Å²) in [6.45, 7) is 0. The largest absolute Gasteiger partial charge is 0.294 e. The summed E-state index contributed by atoms with van der Waals surface area (Å²) in [5.41, 5.74) is 2.60. The van der Waals surface area contributed by atoms with Crippen molar-refractivity contribution < 1.29 is 9.59 Å². The first-order valence-electron chi connectivity index (χ1n) is 8.06. The molecule has 1 atom stereocenters. The van der Waals surface area contributed by atoms with Crippen LogP contribution in [0, 0.1) is 5.92 Å². The van der Waals surface area contributed by atoms with E-state index in [0.29, 0.717) is 17.0 Å². The predicted octanol–water partition coefficient (Wildman–Crippen LogP) is 5.14. The molecule has 0 fully saturated rings. The molecular formula is C20H19ClO2. The smallest absolute Gasteiger partial charge is 0.165 e. The van der Waals surface area contributed by atoms with Crippen LogP contribution in [-0.4, -0.2) is 11.6 Å². The molecule has 118 valence electrons. The summed E-state index contributed by atoms with van der Waals surface area (Å²) in [6.07, 6.45) is 3.59. The monoisotopic (exact) mass is 326 g/mol. The minimum atomic E-state index is -0.0323. The first-order chi connectivity index (χ1) is 11.1. The van der Waals surface area contributed by atoms with Gasteiger partial charge in [-0.2, -0.15) is 0 Å². The van der Waals surface area contributed by atoms with E-state index in [1.807, 2.05) is 24.3 Å². The van der Waals surface area contributed by atoms with E-state index < -0.39 is 0 Å². The molecule has 1 aliphatic rings. The number of fused-ring (bicyclic) bond motifs is 1. The van der Waals surface area contributed by atoms with Crippen molar-refractivity contribution in [3.63, 3.8) is 0 Å². The summed E-state index contributed by atoms with van der Waals surface area (Å²) < 4.78 is 0. The van der Waals surface area contributed by atoms with Crippen LogP contribution in [0.15, 0.2) is 48.5 Å². The maximum absolute atomic E-state index is 12.8. The van der Waals surface area contributed by atoms with Gasteiger partial charge in [0.05, 0.1) is 0 Å². The molecule has 0 aliphatic heterocycles. The molecule has 0 radical (unpaired) electrons. The van der Waals surface area contributed by atoms with E-state index in [2.05, 4.69) is 0 Å². The molecule has 2 nitrogen and oxygen atoms in total. The lowest BCUT2D eigenvalue weighted by Crippen LogP contribution is -2.15. The van der Waals surface area contributed by atoms with E-state index in [0.717, 1.165) is 36.8 Å². The average molecular weight is 327 g/mol.